The van der Waals surface area contributed by atoms with E-state index in [4.69, 9.17) is 18.8 Å². The van der Waals surface area contributed by atoms with Gasteiger partial charge in [0.15, 0.2) is 0 Å². The first kappa shape index (κ1) is 49.0. The number of fused-ring (bicyclic) bond motifs is 1. The van der Waals surface area contributed by atoms with Gasteiger partial charge in [0.05, 0.1) is 22.4 Å². The minimum absolute atomic E-state index is 0.482. The molecule has 82 heavy (non-hydrogen) atoms. The van der Waals surface area contributed by atoms with Crippen molar-refractivity contribution in [3.05, 3.63) is 291 Å². The second kappa shape index (κ2) is 21.8. The van der Waals surface area contributed by atoms with Crippen molar-refractivity contribution in [1.82, 2.24) is 30.4 Å². The number of para-hydroxylation sites is 4. The van der Waals surface area contributed by atoms with Crippen LogP contribution in [-0.4, -0.2) is 30.4 Å². The fraction of sp³-hybridized carbons (Fsp3) is 0. The topological polar surface area (TPSA) is 110 Å². The van der Waals surface area contributed by atoms with Gasteiger partial charge in [0.1, 0.15) is 0 Å². The van der Waals surface area contributed by atoms with Crippen LogP contribution in [0.1, 0.15) is 0 Å². The lowest BCUT2D eigenvalue weighted by atomic mass is 10.0. The summed E-state index contributed by atoms with van der Waals surface area (Å²) in [5.74, 6) is 1.95. The van der Waals surface area contributed by atoms with Gasteiger partial charge in [-0.05, 0) is 156 Å². The van der Waals surface area contributed by atoms with Crippen molar-refractivity contribution in [2.75, 3.05) is 9.80 Å². The van der Waals surface area contributed by atoms with E-state index in [0.717, 1.165) is 112 Å². The standard InChI is InChI=1S/C72H48N8O2/c1-5-15-55(16-6-1)69-75-77-71(81-69)57-29-25-49(26-30-57)51-33-41-61(42-34-51)79(59-19-9-3-10-20-59)63-45-37-53(38-46-63)67-68(74-66-24-14-13-23-65(66)73-67)54-39-47-64(48-40-54)80(60-21-11-4-12-22-60)62-43-35-52(36-44-62)50-27-31-58(32-28-50)72-78-76-70(82-72)56-17-7-2-8-18-56/h1-48H. The summed E-state index contributed by atoms with van der Waals surface area (Å²) in [5.41, 5.74) is 19.1. The molecule has 11 aromatic carbocycles. The zero-order valence-electron chi connectivity index (χ0n) is 44.1. The highest BCUT2D eigenvalue weighted by Crippen LogP contribution is 2.41. The van der Waals surface area contributed by atoms with E-state index in [0.29, 0.717) is 23.6 Å². The van der Waals surface area contributed by atoms with E-state index in [1.165, 1.54) is 0 Å². The summed E-state index contributed by atoms with van der Waals surface area (Å²) >= 11 is 0. The summed E-state index contributed by atoms with van der Waals surface area (Å²) in [5, 5.41) is 17.2. The number of hydrogen-bond acceptors (Lipinski definition) is 10. The first-order valence-corrected chi connectivity index (χ1v) is 27.0. The Balaban J connectivity index is 0.730. The second-order valence-corrected chi connectivity index (χ2v) is 19.7. The predicted octanol–water partition coefficient (Wildman–Crippen LogP) is 18.7. The maximum absolute atomic E-state index is 6.03. The van der Waals surface area contributed by atoms with Gasteiger partial charge in [-0.3, -0.25) is 0 Å². The van der Waals surface area contributed by atoms with Gasteiger partial charge in [-0.15, -0.1) is 20.4 Å². The molecule has 0 saturated carbocycles. The molecule has 3 heterocycles. The maximum atomic E-state index is 6.03. The molecular formula is C72H48N8O2. The smallest absolute Gasteiger partial charge is 0.248 e. The van der Waals surface area contributed by atoms with Crippen LogP contribution in [0, 0.1) is 0 Å². The van der Waals surface area contributed by atoms with E-state index in [1.54, 1.807) is 0 Å². The van der Waals surface area contributed by atoms with Gasteiger partial charge in [0.25, 0.3) is 0 Å². The zero-order chi connectivity index (χ0) is 54.6. The van der Waals surface area contributed by atoms with E-state index in [-0.39, 0.29) is 0 Å². The van der Waals surface area contributed by atoms with E-state index in [9.17, 15) is 0 Å². The average molecular weight is 1060 g/mol. The van der Waals surface area contributed by atoms with Gasteiger partial charge in [-0.25, -0.2) is 9.97 Å². The van der Waals surface area contributed by atoms with E-state index in [1.807, 2.05) is 121 Å². The Labute approximate surface area is 473 Å². The van der Waals surface area contributed by atoms with Gasteiger partial charge in [-0.1, -0.05) is 158 Å². The summed E-state index contributed by atoms with van der Waals surface area (Å²) in [6, 6.07) is 99.5. The normalized spacial score (nSPS) is 11.2. The minimum atomic E-state index is 0.482. The number of rotatable bonds is 14. The molecule has 0 N–H and O–H groups in total. The number of aromatic nitrogens is 6. The van der Waals surface area contributed by atoms with Gasteiger partial charge in [-0.2, -0.15) is 0 Å². The summed E-state index contributed by atoms with van der Waals surface area (Å²) in [7, 11) is 0. The van der Waals surface area contributed by atoms with Crippen LogP contribution in [-0.2, 0) is 0 Å². The van der Waals surface area contributed by atoms with Crippen LogP contribution in [0.2, 0.25) is 0 Å². The lowest BCUT2D eigenvalue weighted by molar-refractivity contribution is 0.584. The summed E-state index contributed by atoms with van der Waals surface area (Å²) in [6.07, 6.45) is 0. The quantitative estimate of drug-likeness (QED) is 0.104. The van der Waals surface area contributed by atoms with Crippen molar-refractivity contribution >= 4 is 45.2 Å². The van der Waals surface area contributed by atoms with E-state index < -0.39 is 0 Å². The van der Waals surface area contributed by atoms with Crippen LogP contribution in [0.3, 0.4) is 0 Å². The van der Waals surface area contributed by atoms with Crippen molar-refractivity contribution in [1.29, 1.82) is 0 Å². The Morgan fingerprint density at radius 1 is 0.195 bits per heavy atom. The van der Waals surface area contributed by atoms with Crippen LogP contribution in [0.25, 0.3) is 102 Å². The lowest BCUT2D eigenvalue weighted by Gasteiger charge is -2.26. The second-order valence-electron chi connectivity index (χ2n) is 19.7. The molecule has 10 heteroatoms. The SMILES string of the molecule is c1ccc(-c2nnc(-c3ccc(-c4ccc(N(c5ccccc5)c5ccc(-c6nc7ccccc7nc6-c6ccc(N(c7ccccc7)c7ccc(-c8ccc(-c9nnc(-c%10ccccc%10)o9)cc8)cc7)cc6)cc5)cc4)cc3)o2)cc1. The monoisotopic (exact) mass is 1060 g/mol. The van der Waals surface area contributed by atoms with E-state index >= 15 is 0 Å². The molecule has 0 atom stereocenters. The van der Waals surface area contributed by atoms with Crippen molar-refractivity contribution in [3.63, 3.8) is 0 Å². The molecule has 0 aliphatic rings. The van der Waals surface area contributed by atoms with Gasteiger partial charge in [0.2, 0.25) is 23.6 Å². The molecule has 0 saturated heterocycles. The van der Waals surface area contributed by atoms with Gasteiger partial charge >= 0.3 is 0 Å². The molecule has 0 amide bonds. The number of nitrogens with zero attached hydrogens (tertiary/aromatic N) is 8. The molecule has 0 aliphatic heterocycles. The van der Waals surface area contributed by atoms with Crippen LogP contribution < -0.4 is 9.80 Å². The zero-order valence-corrected chi connectivity index (χ0v) is 44.1. The van der Waals surface area contributed by atoms with E-state index in [2.05, 4.69) is 200 Å². The maximum Gasteiger partial charge on any atom is 0.248 e. The minimum Gasteiger partial charge on any atom is -0.416 e. The molecule has 14 aromatic rings. The molecule has 3 aromatic heterocycles. The molecule has 388 valence electrons. The van der Waals surface area contributed by atoms with Crippen molar-refractivity contribution in [3.8, 4) is 90.6 Å². The Kier molecular flexibility index (Phi) is 13.0. The first-order chi connectivity index (χ1) is 40.6. The molecule has 14 rings (SSSR count). The fourth-order valence-electron chi connectivity index (χ4n) is 10.3. The van der Waals surface area contributed by atoms with Gasteiger partial charge in [0, 0.05) is 67.5 Å². The molecular weight excluding hydrogens is 1010 g/mol. The Morgan fingerprint density at radius 2 is 0.415 bits per heavy atom. The Morgan fingerprint density at radius 3 is 0.720 bits per heavy atom. The predicted molar refractivity (Wildman–Crippen MR) is 328 cm³/mol. The number of hydrogen-bond donors (Lipinski definition) is 0. The fourth-order valence-corrected chi connectivity index (χ4v) is 10.3. The third-order valence-electron chi connectivity index (χ3n) is 14.5. The summed E-state index contributed by atoms with van der Waals surface area (Å²) in [6.45, 7) is 0. The molecule has 0 spiro atoms. The molecule has 0 fully saturated rings. The summed E-state index contributed by atoms with van der Waals surface area (Å²) < 4.78 is 12.1. The highest BCUT2D eigenvalue weighted by atomic mass is 16.4. The Bertz CT molecular complexity index is 4150. The summed E-state index contributed by atoms with van der Waals surface area (Å²) in [4.78, 5) is 15.1. The van der Waals surface area contributed by atoms with Crippen LogP contribution in [0.5, 0.6) is 0 Å². The molecule has 0 radical (unpaired) electrons. The van der Waals surface area contributed by atoms with Crippen LogP contribution >= 0.6 is 0 Å². The highest BCUT2D eigenvalue weighted by molar-refractivity contribution is 5.89. The third-order valence-corrected chi connectivity index (χ3v) is 14.5. The molecule has 0 bridgehead atoms. The first-order valence-electron chi connectivity index (χ1n) is 27.0. The largest absolute Gasteiger partial charge is 0.416 e. The lowest BCUT2D eigenvalue weighted by Crippen LogP contribution is -2.10. The van der Waals surface area contributed by atoms with Crippen LogP contribution in [0.15, 0.2) is 300 Å². The highest BCUT2D eigenvalue weighted by Gasteiger charge is 2.20. The number of benzene rings is 11. The average Bonchev–Trinajstić information content (AvgIpc) is 4.32. The number of anilines is 6. The van der Waals surface area contributed by atoms with Crippen molar-refractivity contribution in [2.24, 2.45) is 0 Å². The van der Waals surface area contributed by atoms with Crippen LogP contribution in [0.4, 0.5) is 34.1 Å². The molecule has 0 unspecified atom stereocenters. The molecule has 0 aliphatic carbocycles. The van der Waals surface area contributed by atoms with Gasteiger partial charge < -0.3 is 18.6 Å². The third kappa shape index (κ3) is 9.95. The van der Waals surface area contributed by atoms with Crippen molar-refractivity contribution < 1.29 is 8.83 Å². The van der Waals surface area contributed by atoms with Crippen molar-refractivity contribution in [2.45, 2.75) is 0 Å². The molecule has 10 nitrogen and oxygen atoms in total. The Hall–Kier alpha value is -11.4.